The molecule has 4 fully saturated rings. The molecular weight excluding hydrogens is 911 g/mol. The van der Waals surface area contributed by atoms with Crippen LogP contribution in [0.3, 0.4) is 0 Å². The molecule has 4 saturated carbocycles. The summed E-state index contributed by atoms with van der Waals surface area (Å²) < 4.78 is 0. The summed E-state index contributed by atoms with van der Waals surface area (Å²) in [6, 6.07) is 38.6. The van der Waals surface area contributed by atoms with E-state index in [0.29, 0.717) is 0 Å². The molecule has 0 N–H and O–H groups in total. The topological polar surface area (TPSA) is 0 Å². The van der Waals surface area contributed by atoms with Crippen molar-refractivity contribution in [2.45, 2.75) is 167 Å². The SMILES string of the molecule is Cc1cc(-c2ccc(C3CCCCC3)cc2)c2cc(CC3CCCCC3)[cH-]c2c1.Cc1cc(-c2ccc(C3CCCCC3)cc2)c2cc(CC3CCCCC3)[cH-]c2c1.Cl.Cl.[CH3-].[CH3-].[Si]=[Zr]. The fourth-order valence-corrected chi connectivity index (χ4v) is 12.0. The van der Waals surface area contributed by atoms with Crippen LogP contribution in [0.15, 0.2) is 97.1 Å². The Kier molecular flexibility index (Phi) is 22.9. The van der Waals surface area contributed by atoms with E-state index in [1.807, 2.05) is 0 Å². The predicted octanol–water partition coefficient (Wildman–Crippen LogP) is 18.8. The van der Waals surface area contributed by atoms with Crippen molar-refractivity contribution in [2.75, 3.05) is 0 Å². The molecule has 0 nitrogen and oxygen atoms in total. The van der Waals surface area contributed by atoms with Gasteiger partial charge in [0.15, 0.2) is 0 Å². The Balaban J connectivity index is 0.000000255. The molecular formula is C60H78Cl2SiZr-4. The van der Waals surface area contributed by atoms with Gasteiger partial charge in [-0.25, -0.2) is 0 Å². The van der Waals surface area contributed by atoms with E-state index >= 15 is 0 Å². The number of fused-ring (bicyclic) bond motifs is 2. The van der Waals surface area contributed by atoms with Gasteiger partial charge < -0.3 is 14.9 Å². The van der Waals surface area contributed by atoms with Crippen LogP contribution < -0.4 is 0 Å². The molecule has 64 heavy (non-hydrogen) atoms. The van der Waals surface area contributed by atoms with Crippen LogP contribution in [0.1, 0.15) is 174 Å². The number of aryl methyl sites for hydroxylation is 2. The molecule has 4 aliphatic carbocycles. The average Bonchev–Trinajstić information content (AvgIpc) is 3.91. The molecule has 0 saturated heterocycles. The predicted molar refractivity (Wildman–Crippen MR) is 285 cm³/mol. The summed E-state index contributed by atoms with van der Waals surface area (Å²) in [6.07, 6.45) is 30.8. The standard InChI is InChI=1S/2C29H35.2CH3.2ClH.Si.Zr/c2*1-21-16-27-19-23(18-22-8-4-2-5-9-22)20-29(27)28(17-21)26-14-12-25(13-15-26)24-10-6-3-7-11-24;;;;;;/h2*12-17,19-20,22,24H,2-11,18H2,1H3;2*1H3;2*1H;;/q4*-1;;;;. The van der Waals surface area contributed by atoms with Gasteiger partial charge in [-0.2, -0.15) is 12.1 Å². The normalized spacial score (nSPS) is 17.3. The van der Waals surface area contributed by atoms with Crippen molar-refractivity contribution >= 4 is 53.2 Å². The number of hydrogen-bond donors (Lipinski definition) is 0. The van der Waals surface area contributed by atoms with Crippen LogP contribution in [0.25, 0.3) is 43.8 Å². The molecule has 0 aromatic heterocycles. The minimum atomic E-state index is 0. The minimum absolute atomic E-state index is 0. The summed E-state index contributed by atoms with van der Waals surface area (Å²) in [5.41, 5.74) is 14.6. The maximum atomic E-state index is 3.06. The van der Waals surface area contributed by atoms with Gasteiger partial charge in [0.2, 0.25) is 0 Å². The summed E-state index contributed by atoms with van der Waals surface area (Å²) in [7, 11) is 0. The van der Waals surface area contributed by atoms with Gasteiger partial charge >= 0.3 is 30.2 Å². The van der Waals surface area contributed by atoms with Crippen molar-refractivity contribution in [1.82, 2.24) is 0 Å². The molecule has 344 valence electrons. The van der Waals surface area contributed by atoms with Gasteiger partial charge in [-0.3, -0.25) is 0 Å². The van der Waals surface area contributed by atoms with Crippen LogP contribution in [0.4, 0.5) is 0 Å². The number of rotatable bonds is 8. The molecule has 6 aromatic carbocycles. The quantitative estimate of drug-likeness (QED) is 0.105. The van der Waals surface area contributed by atoms with Gasteiger partial charge in [-0.05, 0) is 98.3 Å². The zero-order valence-electron chi connectivity index (χ0n) is 39.9. The molecule has 2 radical (unpaired) electrons. The van der Waals surface area contributed by atoms with Crippen molar-refractivity contribution in [3.63, 3.8) is 0 Å². The molecule has 10 rings (SSSR count). The van der Waals surface area contributed by atoms with Crippen molar-refractivity contribution < 1.29 is 23.3 Å². The monoisotopic (exact) mass is 986 g/mol. The van der Waals surface area contributed by atoms with E-state index < -0.39 is 0 Å². The van der Waals surface area contributed by atoms with E-state index in [-0.39, 0.29) is 39.7 Å². The first kappa shape index (κ1) is 54.4. The fourth-order valence-electron chi connectivity index (χ4n) is 12.0. The van der Waals surface area contributed by atoms with E-state index in [2.05, 4.69) is 118 Å². The van der Waals surface area contributed by atoms with Crippen LogP contribution in [-0.2, 0) is 36.2 Å². The van der Waals surface area contributed by atoms with Gasteiger partial charge in [-0.15, -0.1) is 81.8 Å². The summed E-state index contributed by atoms with van der Waals surface area (Å²) in [5.74, 6) is 3.38. The Morgan fingerprint density at radius 3 is 1.08 bits per heavy atom. The zero-order chi connectivity index (χ0) is 41.3. The third-order valence-corrected chi connectivity index (χ3v) is 15.1. The zero-order valence-corrected chi connectivity index (χ0v) is 45.0. The molecule has 0 unspecified atom stereocenters. The molecule has 0 heterocycles. The van der Waals surface area contributed by atoms with Crippen molar-refractivity contribution in [3.8, 4) is 22.3 Å². The molecule has 0 bridgehead atoms. The van der Waals surface area contributed by atoms with Crippen molar-refractivity contribution in [1.29, 1.82) is 0 Å². The third kappa shape index (κ3) is 13.9. The number of benzene rings is 4. The molecule has 4 aliphatic rings. The van der Waals surface area contributed by atoms with Gasteiger partial charge in [0.25, 0.3) is 0 Å². The van der Waals surface area contributed by atoms with Gasteiger partial charge in [0, 0.05) is 0 Å². The van der Waals surface area contributed by atoms with Crippen LogP contribution in [0, 0.1) is 40.5 Å². The second kappa shape index (κ2) is 26.9. The van der Waals surface area contributed by atoms with E-state index in [0.717, 1.165) is 23.7 Å². The molecule has 0 spiro atoms. The fraction of sp³-hybridized carbons (Fsp3) is 0.467. The van der Waals surface area contributed by atoms with E-state index in [4.69, 9.17) is 0 Å². The molecule has 0 aliphatic heterocycles. The molecule has 0 amide bonds. The summed E-state index contributed by atoms with van der Waals surface area (Å²) in [6.45, 7) is 7.55. The van der Waals surface area contributed by atoms with E-state index in [1.54, 1.807) is 22.3 Å². The average molecular weight is 989 g/mol. The Hall–Kier alpha value is -2.22. The second-order valence-corrected chi connectivity index (χ2v) is 19.7. The van der Waals surface area contributed by atoms with Gasteiger partial charge in [0.05, 0.1) is 0 Å². The third-order valence-electron chi connectivity index (χ3n) is 15.1. The number of halogens is 2. The van der Waals surface area contributed by atoms with E-state index in [1.165, 1.54) is 220 Å². The van der Waals surface area contributed by atoms with Crippen LogP contribution >= 0.6 is 24.8 Å². The summed E-state index contributed by atoms with van der Waals surface area (Å²) >= 11 is 1.36. The van der Waals surface area contributed by atoms with Crippen LogP contribution in [0.2, 0.25) is 0 Å². The van der Waals surface area contributed by atoms with Crippen LogP contribution in [-0.4, -0.2) is 6.88 Å². The second-order valence-electron chi connectivity index (χ2n) is 19.7. The summed E-state index contributed by atoms with van der Waals surface area (Å²) in [4.78, 5) is 0. The van der Waals surface area contributed by atoms with Gasteiger partial charge in [-0.1, -0.05) is 186 Å². The first-order chi connectivity index (χ1) is 29.5. The van der Waals surface area contributed by atoms with E-state index in [9.17, 15) is 0 Å². The Labute approximate surface area is 419 Å². The first-order valence-corrected chi connectivity index (χ1v) is 28.6. The maximum absolute atomic E-state index is 3.06. The summed E-state index contributed by atoms with van der Waals surface area (Å²) in [5, 5.41) is 5.77. The Morgan fingerprint density at radius 1 is 0.438 bits per heavy atom. The van der Waals surface area contributed by atoms with Crippen LogP contribution in [0.5, 0.6) is 0 Å². The first-order valence-electron chi connectivity index (χ1n) is 24.4. The number of hydrogen-bond acceptors (Lipinski definition) is 0. The molecule has 6 aromatic rings. The Bertz CT molecular complexity index is 2090. The van der Waals surface area contributed by atoms with Crippen molar-refractivity contribution in [3.05, 3.63) is 145 Å². The molecule has 0 atom stereocenters. The van der Waals surface area contributed by atoms with Crippen molar-refractivity contribution in [2.24, 2.45) is 11.8 Å². The molecule has 4 heteroatoms. The van der Waals surface area contributed by atoms with Gasteiger partial charge in [0.1, 0.15) is 0 Å². The Morgan fingerprint density at radius 2 is 0.750 bits per heavy atom.